The molecule has 2 atom stereocenters. The lowest BCUT2D eigenvalue weighted by Crippen LogP contribution is -2.29. The van der Waals surface area contributed by atoms with Crippen LogP contribution in [0.2, 0.25) is 0 Å². The molecule has 1 unspecified atom stereocenters. The van der Waals surface area contributed by atoms with Gasteiger partial charge in [-0.15, -0.1) is 0 Å². The Balaban J connectivity index is 4.13. The first-order valence-corrected chi connectivity index (χ1v) is 26.9. The van der Waals surface area contributed by atoms with E-state index in [1.165, 1.54) is 116 Å². The summed E-state index contributed by atoms with van der Waals surface area (Å²) < 4.78 is 32.8. The fraction of sp³-hybridized carbons (Fsp3) is 0.736. The van der Waals surface area contributed by atoms with Crippen LogP contribution in [0.5, 0.6) is 0 Å². The molecule has 0 rings (SSSR count). The SMILES string of the molecule is CC/C=C/C/C=C/C/C=C/C/C=C/C/C=C/CCCCCC(=O)O[C@H](COC(=O)CCC/C=C/CCCCCCCCCCCCCCCCCCCC)COP(=O)(O)OCCN. The molecular weight excluding hydrogens is 810 g/mol. The van der Waals surface area contributed by atoms with Gasteiger partial charge in [0, 0.05) is 19.4 Å². The van der Waals surface area contributed by atoms with Gasteiger partial charge in [-0.2, -0.15) is 0 Å². The van der Waals surface area contributed by atoms with Gasteiger partial charge in [0.15, 0.2) is 6.10 Å². The lowest BCUT2D eigenvalue weighted by atomic mass is 10.0. The molecule has 0 aromatic carbocycles. The Morgan fingerprint density at radius 2 is 0.889 bits per heavy atom. The quantitative estimate of drug-likeness (QED) is 0.0265. The molecule has 0 bridgehead atoms. The molecule has 0 heterocycles. The number of hydrogen-bond acceptors (Lipinski definition) is 8. The summed E-state index contributed by atoms with van der Waals surface area (Å²) >= 11 is 0. The highest BCUT2D eigenvalue weighted by atomic mass is 31.2. The molecule has 0 spiro atoms. The number of phosphoric ester groups is 1. The molecule has 9 nitrogen and oxygen atoms in total. The third kappa shape index (κ3) is 48.7. The molecule has 0 saturated heterocycles. The van der Waals surface area contributed by atoms with Crippen LogP contribution in [0.25, 0.3) is 0 Å². The molecule has 0 aliphatic rings. The largest absolute Gasteiger partial charge is 0.472 e. The van der Waals surface area contributed by atoms with Gasteiger partial charge in [0.2, 0.25) is 0 Å². The lowest BCUT2D eigenvalue weighted by molar-refractivity contribution is -0.161. The van der Waals surface area contributed by atoms with Crippen molar-refractivity contribution in [2.24, 2.45) is 5.73 Å². The smallest absolute Gasteiger partial charge is 0.462 e. The summed E-state index contributed by atoms with van der Waals surface area (Å²) in [6.45, 7) is 3.57. The lowest BCUT2D eigenvalue weighted by Gasteiger charge is -2.19. The van der Waals surface area contributed by atoms with Gasteiger partial charge in [-0.1, -0.05) is 202 Å². The van der Waals surface area contributed by atoms with Crippen LogP contribution in [0.3, 0.4) is 0 Å². The van der Waals surface area contributed by atoms with Crippen molar-refractivity contribution in [3.05, 3.63) is 72.9 Å². The van der Waals surface area contributed by atoms with Gasteiger partial charge in [-0.25, -0.2) is 4.57 Å². The van der Waals surface area contributed by atoms with Gasteiger partial charge in [0.1, 0.15) is 6.61 Å². The van der Waals surface area contributed by atoms with E-state index >= 15 is 0 Å². The first-order valence-electron chi connectivity index (χ1n) is 25.4. The molecular formula is C53H94NO8P. The summed E-state index contributed by atoms with van der Waals surface area (Å²) in [5.41, 5.74) is 5.36. The molecule has 0 saturated carbocycles. The number of esters is 2. The summed E-state index contributed by atoms with van der Waals surface area (Å²) in [4.78, 5) is 35.0. The normalized spacial score (nSPS) is 13.8. The van der Waals surface area contributed by atoms with Crippen molar-refractivity contribution in [1.29, 1.82) is 0 Å². The fourth-order valence-electron chi connectivity index (χ4n) is 6.84. The second kappa shape index (κ2) is 48.9. The highest BCUT2D eigenvalue weighted by molar-refractivity contribution is 7.47. The standard InChI is InChI=1S/C53H94NO8P/c1-3-5-7-9-11-13-15-17-19-21-23-24-25-26-28-29-31-33-35-37-39-41-43-45-52(55)59-49-51(50-61-63(57,58)60-48-47-54)62-53(56)46-44-42-40-38-36-34-32-30-27-22-20-18-16-14-12-10-8-6-4-2/h6,8,12,14,18,20,27,30,34,36-37,39,51H,3-5,7,9-11,13,15-17,19,21-26,28-29,31-33,35,38,40-50,54H2,1-2H3,(H,57,58)/b8-6+,14-12+,20-18+,30-27+,36-34+,39-37+/t51-/m1/s1. The monoisotopic (exact) mass is 904 g/mol. The highest BCUT2D eigenvalue weighted by Gasteiger charge is 2.26. The van der Waals surface area contributed by atoms with Crippen LogP contribution in [0, 0.1) is 0 Å². The average molecular weight is 904 g/mol. The number of carbonyl (C=O) groups is 2. The van der Waals surface area contributed by atoms with Crippen molar-refractivity contribution in [3.8, 4) is 0 Å². The molecule has 0 aromatic rings. The first kappa shape index (κ1) is 60.5. The molecule has 0 aliphatic heterocycles. The Bertz CT molecular complexity index is 1260. The Hall–Kier alpha value is -2.55. The number of phosphoric acid groups is 1. The van der Waals surface area contributed by atoms with Crippen LogP contribution in [-0.4, -0.2) is 49.3 Å². The van der Waals surface area contributed by atoms with E-state index in [0.29, 0.717) is 12.8 Å². The second-order valence-electron chi connectivity index (χ2n) is 16.7. The maximum Gasteiger partial charge on any atom is 0.472 e. The van der Waals surface area contributed by atoms with Crippen molar-refractivity contribution in [3.63, 3.8) is 0 Å². The molecule has 364 valence electrons. The van der Waals surface area contributed by atoms with Crippen molar-refractivity contribution < 1.29 is 37.6 Å². The number of carbonyl (C=O) groups excluding carboxylic acids is 2. The highest BCUT2D eigenvalue weighted by Crippen LogP contribution is 2.43. The number of nitrogens with two attached hydrogens (primary N) is 1. The van der Waals surface area contributed by atoms with Gasteiger partial charge in [0.25, 0.3) is 0 Å². The van der Waals surface area contributed by atoms with Crippen LogP contribution in [0.1, 0.15) is 219 Å². The van der Waals surface area contributed by atoms with Crippen LogP contribution >= 0.6 is 7.82 Å². The molecule has 0 aliphatic carbocycles. The van der Waals surface area contributed by atoms with E-state index in [4.69, 9.17) is 24.3 Å². The van der Waals surface area contributed by atoms with Gasteiger partial charge in [-0.05, 0) is 77.0 Å². The third-order valence-electron chi connectivity index (χ3n) is 10.6. The Kier molecular flexibility index (Phi) is 46.9. The zero-order valence-corrected chi connectivity index (χ0v) is 41.2. The minimum Gasteiger partial charge on any atom is -0.462 e. The zero-order valence-electron chi connectivity index (χ0n) is 40.3. The summed E-state index contributed by atoms with van der Waals surface area (Å²) in [7, 11) is -4.40. The predicted molar refractivity (Wildman–Crippen MR) is 266 cm³/mol. The van der Waals surface area contributed by atoms with Gasteiger partial charge >= 0.3 is 19.8 Å². The number of unbranched alkanes of at least 4 members (excludes halogenated alkanes) is 22. The molecule has 0 amide bonds. The van der Waals surface area contributed by atoms with E-state index in [2.05, 4.69) is 86.8 Å². The third-order valence-corrected chi connectivity index (χ3v) is 11.6. The van der Waals surface area contributed by atoms with Crippen LogP contribution < -0.4 is 5.73 Å². The minimum absolute atomic E-state index is 0.0415. The van der Waals surface area contributed by atoms with E-state index in [-0.39, 0.29) is 32.6 Å². The van der Waals surface area contributed by atoms with Gasteiger partial charge in [-0.3, -0.25) is 18.6 Å². The molecule has 0 aromatic heterocycles. The number of allylic oxidation sites excluding steroid dienone is 12. The zero-order chi connectivity index (χ0) is 46.0. The van der Waals surface area contributed by atoms with E-state index in [9.17, 15) is 19.0 Å². The number of rotatable bonds is 47. The van der Waals surface area contributed by atoms with Crippen LogP contribution in [0.4, 0.5) is 0 Å². The number of hydrogen-bond donors (Lipinski definition) is 2. The molecule has 0 radical (unpaired) electrons. The maximum atomic E-state index is 12.6. The average Bonchev–Trinajstić information content (AvgIpc) is 3.27. The first-order chi connectivity index (χ1) is 30.8. The van der Waals surface area contributed by atoms with E-state index in [1.807, 2.05) is 0 Å². The predicted octanol–water partition coefficient (Wildman–Crippen LogP) is 15.4. The van der Waals surface area contributed by atoms with Gasteiger partial charge < -0.3 is 20.1 Å². The van der Waals surface area contributed by atoms with Crippen molar-refractivity contribution in [1.82, 2.24) is 0 Å². The molecule has 10 heteroatoms. The summed E-state index contributed by atoms with van der Waals surface area (Å²) in [5, 5.41) is 0. The molecule has 63 heavy (non-hydrogen) atoms. The van der Waals surface area contributed by atoms with Gasteiger partial charge in [0.05, 0.1) is 13.2 Å². The topological polar surface area (TPSA) is 134 Å². The summed E-state index contributed by atoms with van der Waals surface area (Å²) in [6.07, 6.45) is 61.0. The van der Waals surface area contributed by atoms with Crippen LogP contribution in [-0.2, 0) is 32.7 Å². The van der Waals surface area contributed by atoms with Crippen molar-refractivity contribution in [2.45, 2.75) is 225 Å². The van der Waals surface area contributed by atoms with E-state index < -0.39 is 32.5 Å². The number of ether oxygens (including phenoxy) is 2. The second-order valence-corrected chi connectivity index (χ2v) is 18.1. The fourth-order valence-corrected chi connectivity index (χ4v) is 7.61. The summed E-state index contributed by atoms with van der Waals surface area (Å²) in [5.74, 6) is -0.903. The van der Waals surface area contributed by atoms with E-state index in [1.54, 1.807) is 0 Å². The Morgan fingerprint density at radius 1 is 0.492 bits per heavy atom. The maximum absolute atomic E-state index is 12.6. The van der Waals surface area contributed by atoms with Crippen LogP contribution in [0.15, 0.2) is 72.9 Å². The molecule has 3 N–H and O–H groups in total. The Morgan fingerprint density at radius 3 is 1.37 bits per heavy atom. The van der Waals surface area contributed by atoms with Crippen molar-refractivity contribution in [2.75, 3.05) is 26.4 Å². The van der Waals surface area contributed by atoms with E-state index in [0.717, 1.165) is 64.2 Å². The van der Waals surface area contributed by atoms with Crippen molar-refractivity contribution >= 4 is 19.8 Å². The molecule has 0 fully saturated rings. The minimum atomic E-state index is -4.40. The Labute approximate surface area is 386 Å². The summed E-state index contributed by atoms with van der Waals surface area (Å²) in [6, 6.07) is 0.